The Morgan fingerprint density at radius 3 is 2.65 bits per heavy atom. The first-order valence-electron chi connectivity index (χ1n) is 7.64. The van der Waals surface area contributed by atoms with Crippen LogP contribution in [0.4, 0.5) is 0 Å². The van der Waals surface area contributed by atoms with Gasteiger partial charge >= 0.3 is 0 Å². The molecule has 3 rings (SSSR count). The largest absolute Gasteiger partial charge is 0.338 e. The van der Waals surface area contributed by atoms with Gasteiger partial charge in [-0.25, -0.2) is 4.98 Å². The number of amides is 1. The maximum atomic E-state index is 12.5. The van der Waals surface area contributed by atoms with Crippen molar-refractivity contribution in [2.24, 2.45) is 5.92 Å². The van der Waals surface area contributed by atoms with E-state index in [1.807, 2.05) is 17.0 Å². The molecule has 0 aliphatic carbocycles. The molecule has 5 heteroatoms. The van der Waals surface area contributed by atoms with Crippen molar-refractivity contribution in [3.8, 4) is 11.8 Å². The number of halogens is 1. The molecule has 0 spiro atoms. The molecule has 1 aromatic carbocycles. The average molecular weight is 345 g/mol. The van der Waals surface area contributed by atoms with E-state index in [4.69, 9.17) is 11.6 Å². The Hall–Kier alpha value is -1.83. The van der Waals surface area contributed by atoms with Gasteiger partial charge in [0.25, 0.3) is 5.91 Å². The highest BCUT2D eigenvalue weighted by Gasteiger charge is 2.22. The Bertz CT molecular complexity index is 749. The van der Waals surface area contributed by atoms with E-state index in [1.165, 1.54) is 11.3 Å². The van der Waals surface area contributed by atoms with Crippen molar-refractivity contribution >= 4 is 28.8 Å². The van der Waals surface area contributed by atoms with Crippen LogP contribution in [0.5, 0.6) is 0 Å². The van der Waals surface area contributed by atoms with Crippen molar-refractivity contribution in [1.29, 1.82) is 0 Å². The topological polar surface area (TPSA) is 33.2 Å². The number of likely N-dealkylation sites (tertiary alicyclic amines) is 1. The third-order valence-electron chi connectivity index (χ3n) is 3.95. The molecular weight excluding hydrogens is 328 g/mol. The summed E-state index contributed by atoms with van der Waals surface area (Å²) in [5.41, 5.74) is 0.877. The second-order valence-electron chi connectivity index (χ2n) is 5.76. The van der Waals surface area contributed by atoms with Crippen molar-refractivity contribution in [2.75, 3.05) is 13.1 Å². The molecule has 0 saturated carbocycles. The van der Waals surface area contributed by atoms with Gasteiger partial charge in [-0.15, -0.1) is 11.3 Å². The summed E-state index contributed by atoms with van der Waals surface area (Å²) in [6.07, 6.45) is 3.79. The first kappa shape index (κ1) is 16.0. The third-order valence-corrected chi connectivity index (χ3v) is 5.10. The van der Waals surface area contributed by atoms with Crippen molar-refractivity contribution < 1.29 is 4.79 Å². The Morgan fingerprint density at radius 1 is 1.26 bits per heavy atom. The van der Waals surface area contributed by atoms with E-state index in [1.54, 1.807) is 18.3 Å². The van der Waals surface area contributed by atoms with Gasteiger partial charge in [0.05, 0.1) is 6.20 Å². The Balaban J connectivity index is 1.68. The van der Waals surface area contributed by atoms with Crippen LogP contribution in [-0.2, 0) is 0 Å². The van der Waals surface area contributed by atoms with E-state index in [2.05, 4.69) is 23.7 Å². The van der Waals surface area contributed by atoms with Gasteiger partial charge in [-0.2, -0.15) is 0 Å². The fourth-order valence-electron chi connectivity index (χ4n) is 2.46. The summed E-state index contributed by atoms with van der Waals surface area (Å²) in [4.78, 5) is 19.3. The molecule has 0 bridgehead atoms. The summed E-state index contributed by atoms with van der Waals surface area (Å²) in [6.45, 7) is 3.91. The molecule has 3 nitrogen and oxygen atoms in total. The monoisotopic (exact) mass is 344 g/mol. The fourth-order valence-corrected chi connectivity index (χ4v) is 3.32. The van der Waals surface area contributed by atoms with Gasteiger partial charge in [-0.1, -0.05) is 24.4 Å². The highest BCUT2D eigenvalue weighted by Crippen LogP contribution is 2.20. The standard InChI is InChI=1S/C18H17ClN2OS/c1-13-8-10-21(11-9-13)18(22)16-12-20-17(23-16)7-4-14-2-5-15(19)6-3-14/h2-3,5-6,12-13H,8-11H2,1H3. The van der Waals surface area contributed by atoms with E-state index in [0.29, 0.717) is 20.8 Å². The first-order valence-corrected chi connectivity index (χ1v) is 8.84. The predicted octanol–water partition coefficient (Wildman–Crippen LogP) is 4.07. The number of thiazole rings is 1. The molecule has 2 aromatic rings. The van der Waals surface area contributed by atoms with Crippen LogP contribution in [0.3, 0.4) is 0 Å². The zero-order valence-corrected chi connectivity index (χ0v) is 14.5. The van der Waals surface area contributed by atoms with Crippen LogP contribution >= 0.6 is 22.9 Å². The highest BCUT2D eigenvalue weighted by atomic mass is 35.5. The number of rotatable bonds is 1. The lowest BCUT2D eigenvalue weighted by molar-refractivity contribution is 0.0702. The van der Waals surface area contributed by atoms with Gasteiger partial charge in [-0.3, -0.25) is 4.79 Å². The van der Waals surface area contributed by atoms with Gasteiger partial charge in [0.15, 0.2) is 5.01 Å². The number of nitrogens with zero attached hydrogens (tertiary/aromatic N) is 2. The van der Waals surface area contributed by atoms with E-state index in [9.17, 15) is 4.79 Å². The van der Waals surface area contributed by atoms with Crippen LogP contribution in [0, 0.1) is 17.8 Å². The molecule has 1 amide bonds. The van der Waals surface area contributed by atoms with Crippen LogP contribution in [-0.4, -0.2) is 28.9 Å². The van der Waals surface area contributed by atoms with Crippen LogP contribution in [0.2, 0.25) is 5.02 Å². The summed E-state index contributed by atoms with van der Waals surface area (Å²) in [7, 11) is 0. The molecule has 0 radical (unpaired) electrons. The molecule has 118 valence electrons. The Labute approximate surface area is 145 Å². The zero-order valence-electron chi connectivity index (χ0n) is 12.9. The maximum Gasteiger partial charge on any atom is 0.265 e. The van der Waals surface area contributed by atoms with Crippen LogP contribution in [0.25, 0.3) is 0 Å². The quantitative estimate of drug-likeness (QED) is 0.731. The van der Waals surface area contributed by atoms with Gasteiger partial charge in [-0.05, 0) is 48.9 Å². The predicted molar refractivity (Wildman–Crippen MR) is 93.8 cm³/mol. The zero-order chi connectivity index (χ0) is 16.2. The molecular formula is C18H17ClN2OS. The van der Waals surface area contributed by atoms with Crippen molar-refractivity contribution in [3.63, 3.8) is 0 Å². The van der Waals surface area contributed by atoms with Gasteiger partial charge in [0.1, 0.15) is 4.88 Å². The lowest BCUT2D eigenvalue weighted by Gasteiger charge is -2.29. The average Bonchev–Trinajstić information content (AvgIpc) is 3.03. The third kappa shape index (κ3) is 4.13. The Morgan fingerprint density at radius 2 is 1.96 bits per heavy atom. The molecule has 1 saturated heterocycles. The summed E-state index contributed by atoms with van der Waals surface area (Å²) >= 11 is 7.21. The minimum absolute atomic E-state index is 0.0777. The summed E-state index contributed by atoms with van der Waals surface area (Å²) in [5.74, 6) is 6.84. The lowest BCUT2D eigenvalue weighted by Crippen LogP contribution is -2.37. The number of hydrogen-bond acceptors (Lipinski definition) is 3. The molecule has 1 aliphatic rings. The maximum absolute atomic E-state index is 12.5. The van der Waals surface area contributed by atoms with Crippen LogP contribution in [0.15, 0.2) is 30.5 Å². The van der Waals surface area contributed by atoms with Gasteiger partial charge < -0.3 is 4.90 Å². The molecule has 23 heavy (non-hydrogen) atoms. The number of benzene rings is 1. The molecule has 2 heterocycles. The van der Waals surface area contributed by atoms with E-state index >= 15 is 0 Å². The highest BCUT2D eigenvalue weighted by molar-refractivity contribution is 7.14. The first-order chi connectivity index (χ1) is 11.1. The van der Waals surface area contributed by atoms with Gasteiger partial charge in [0, 0.05) is 23.7 Å². The van der Waals surface area contributed by atoms with Gasteiger partial charge in [0.2, 0.25) is 0 Å². The smallest absolute Gasteiger partial charge is 0.265 e. The van der Waals surface area contributed by atoms with Crippen LogP contribution in [0.1, 0.15) is 40.0 Å². The second-order valence-corrected chi connectivity index (χ2v) is 7.23. The second kappa shape index (κ2) is 7.16. The minimum Gasteiger partial charge on any atom is -0.338 e. The molecule has 1 aromatic heterocycles. The number of hydrogen-bond donors (Lipinski definition) is 0. The fraction of sp³-hybridized carbons (Fsp3) is 0.333. The number of carbonyl (C=O) groups is 1. The number of piperidine rings is 1. The van der Waals surface area contributed by atoms with Crippen molar-refractivity contribution in [3.05, 3.63) is 50.9 Å². The summed E-state index contributed by atoms with van der Waals surface area (Å²) < 4.78 is 0. The van der Waals surface area contributed by atoms with E-state index in [0.717, 1.165) is 31.5 Å². The van der Waals surface area contributed by atoms with E-state index in [-0.39, 0.29) is 5.91 Å². The molecule has 0 unspecified atom stereocenters. The lowest BCUT2D eigenvalue weighted by atomic mass is 9.99. The molecule has 1 aliphatic heterocycles. The molecule has 1 fully saturated rings. The normalized spacial score (nSPS) is 15.1. The van der Waals surface area contributed by atoms with Crippen molar-refractivity contribution in [2.45, 2.75) is 19.8 Å². The molecule has 0 atom stereocenters. The summed E-state index contributed by atoms with van der Waals surface area (Å²) in [5, 5.41) is 1.35. The molecule has 0 N–H and O–H groups in total. The van der Waals surface area contributed by atoms with Crippen molar-refractivity contribution in [1.82, 2.24) is 9.88 Å². The van der Waals surface area contributed by atoms with Crippen LogP contribution < -0.4 is 0 Å². The minimum atomic E-state index is 0.0777. The summed E-state index contributed by atoms with van der Waals surface area (Å²) in [6, 6.07) is 7.34. The SMILES string of the molecule is CC1CCN(C(=O)c2cnc(C#Cc3ccc(Cl)cc3)s2)CC1. The number of carbonyl (C=O) groups excluding carboxylic acids is 1. The Kier molecular flexibility index (Phi) is 5.00. The van der Waals surface area contributed by atoms with E-state index < -0.39 is 0 Å². The number of aromatic nitrogens is 1.